The Morgan fingerprint density at radius 3 is 2.81 bits per heavy atom. The van der Waals surface area contributed by atoms with Crippen LogP contribution < -0.4 is 0 Å². The number of likely N-dealkylation sites (N-methyl/N-ethyl adjacent to an activating group) is 1. The molecule has 1 aromatic heterocycles. The van der Waals surface area contributed by atoms with Crippen molar-refractivity contribution in [1.82, 2.24) is 14.8 Å². The second kappa shape index (κ2) is 7.53. The lowest BCUT2D eigenvalue weighted by Crippen LogP contribution is -2.35. The van der Waals surface area contributed by atoms with E-state index in [9.17, 15) is 0 Å². The molecule has 0 amide bonds. The van der Waals surface area contributed by atoms with Gasteiger partial charge in [-0.25, -0.2) is 4.98 Å². The van der Waals surface area contributed by atoms with Gasteiger partial charge in [-0.1, -0.05) is 6.07 Å². The van der Waals surface area contributed by atoms with Gasteiger partial charge >= 0.3 is 0 Å². The van der Waals surface area contributed by atoms with Crippen LogP contribution >= 0.6 is 0 Å². The van der Waals surface area contributed by atoms with Crippen LogP contribution in [-0.4, -0.2) is 66.8 Å². The normalized spacial score (nSPS) is 28.0. The second-order valence-electron chi connectivity index (χ2n) is 8.75. The molecule has 2 aliphatic heterocycles. The minimum atomic E-state index is 0.344. The van der Waals surface area contributed by atoms with Crippen LogP contribution in [0.2, 0.25) is 0 Å². The molecule has 2 saturated heterocycles. The Hall–Kier alpha value is -1.43. The lowest BCUT2D eigenvalue weighted by Gasteiger charge is -2.24. The monoisotopic (exact) mass is 369 g/mol. The van der Waals surface area contributed by atoms with E-state index in [1.807, 2.05) is 0 Å². The van der Waals surface area contributed by atoms with Crippen LogP contribution in [0.1, 0.15) is 49.5 Å². The average molecular weight is 370 g/mol. The van der Waals surface area contributed by atoms with E-state index < -0.39 is 0 Å². The zero-order valence-electron chi connectivity index (χ0n) is 16.4. The minimum absolute atomic E-state index is 0.344. The van der Waals surface area contributed by atoms with Crippen molar-refractivity contribution in [3.63, 3.8) is 0 Å². The van der Waals surface area contributed by atoms with Crippen molar-refractivity contribution in [2.75, 3.05) is 39.8 Å². The van der Waals surface area contributed by atoms with Crippen LogP contribution in [0, 0.1) is 0 Å². The molecule has 0 bridgehead atoms. The standard InChI is InChI=1S/C22H31N3O2/c1-24-9-2-10-25(12-11-24)15-19-7-6-18(26-19)13-16-3-8-21-20(14-16)23-22(27-21)17-4-5-17/h3,8,14,17-19H,2,4-7,9-13,15H2,1H3/t18-,19+/m0/s1. The summed E-state index contributed by atoms with van der Waals surface area (Å²) in [5, 5.41) is 0. The molecule has 1 aromatic carbocycles. The lowest BCUT2D eigenvalue weighted by atomic mass is 10.0. The molecule has 3 aliphatic rings. The zero-order valence-corrected chi connectivity index (χ0v) is 16.4. The molecule has 1 aliphatic carbocycles. The fourth-order valence-electron chi connectivity index (χ4n) is 4.52. The fraction of sp³-hybridized carbons (Fsp3) is 0.682. The Balaban J connectivity index is 1.16. The number of nitrogens with zero attached hydrogens (tertiary/aromatic N) is 3. The summed E-state index contributed by atoms with van der Waals surface area (Å²) in [7, 11) is 2.23. The van der Waals surface area contributed by atoms with E-state index in [0.29, 0.717) is 18.1 Å². The molecule has 0 spiro atoms. The van der Waals surface area contributed by atoms with Gasteiger partial charge in [-0.2, -0.15) is 0 Å². The smallest absolute Gasteiger partial charge is 0.198 e. The summed E-state index contributed by atoms with van der Waals surface area (Å²) >= 11 is 0. The Bertz CT molecular complexity index is 785. The van der Waals surface area contributed by atoms with E-state index in [1.165, 1.54) is 63.8 Å². The number of fused-ring (bicyclic) bond motifs is 1. The molecule has 2 atom stereocenters. The van der Waals surface area contributed by atoms with Crippen LogP contribution in [0.15, 0.2) is 22.6 Å². The minimum Gasteiger partial charge on any atom is -0.440 e. The van der Waals surface area contributed by atoms with Gasteiger partial charge in [-0.15, -0.1) is 0 Å². The summed E-state index contributed by atoms with van der Waals surface area (Å²) in [5.41, 5.74) is 3.26. The predicted octanol–water partition coefficient (Wildman–Crippen LogP) is 3.43. The number of hydrogen-bond acceptors (Lipinski definition) is 5. The molecule has 5 heteroatoms. The first-order valence-corrected chi connectivity index (χ1v) is 10.7. The molecule has 5 rings (SSSR count). The lowest BCUT2D eigenvalue weighted by molar-refractivity contribution is 0.0241. The molecular weight excluding hydrogens is 338 g/mol. The highest BCUT2D eigenvalue weighted by Crippen LogP contribution is 2.40. The van der Waals surface area contributed by atoms with Crippen molar-refractivity contribution in [2.24, 2.45) is 0 Å². The summed E-state index contributed by atoms with van der Waals surface area (Å²) in [6.45, 7) is 5.87. The highest BCUT2D eigenvalue weighted by Gasteiger charge is 2.30. The van der Waals surface area contributed by atoms with Crippen molar-refractivity contribution < 1.29 is 9.15 Å². The maximum atomic E-state index is 6.40. The highest BCUT2D eigenvalue weighted by atomic mass is 16.5. The van der Waals surface area contributed by atoms with Crippen molar-refractivity contribution >= 4 is 11.1 Å². The van der Waals surface area contributed by atoms with E-state index in [1.54, 1.807) is 0 Å². The molecule has 0 radical (unpaired) electrons. The molecule has 3 fully saturated rings. The molecule has 27 heavy (non-hydrogen) atoms. The van der Waals surface area contributed by atoms with E-state index >= 15 is 0 Å². The Kier molecular flexibility index (Phi) is 4.92. The van der Waals surface area contributed by atoms with Gasteiger partial charge in [0, 0.05) is 25.6 Å². The number of oxazole rings is 1. The van der Waals surface area contributed by atoms with E-state index in [-0.39, 0.29) is 0 Å². The second-order valence-corrected chi connectivity index (χ2v) is 8.75. The first-order chi connectivity index (χ1) is 13.2. The summed E-state index contributed by atoms with van der Waals surface area (Å²) in [4.78, 5) is 9.73. The molecule has 1 saturated carbocycles. The van der Waals surface area contributed by atoms with Gasteiger partial charge in [0.2, 0.25) is 0 Å². The third kappa shape index (κ3) is 4.20. The summed E-state index contributed by atoms with van der Waals surface area (Å²) in [6.07, 6.45) is 7.81. The third-order valence-corrected chi connectivity index (χ3v) is 6.33. The first kappa shape index (κ1) is 17.7. The molecule has 3 heterocycles. The zero-order chi connectivity index (χ0) is 18.2. The molecule has 2 aromatic rings. The van der Waals surface area contributed by atoms with Crippen LogP contribution in [-0.2, 0) is 11.2 Å². The number of ether oxygens (including phenoxy) is 1. The number of benzene rings is 1. The van der Waals surface area contributed by atoms with Gasteiger partial charge in [0.05, 0.1) is 12.2 Å². The van der Waals surface area contributed by atoms with Gasteiger partial charge in [0.15, 0.2) is 11.5 Å². The quantitative estimate of drug-likeness (QED) is 0.808. The third-order valence-electron chi connectivity index (χ3n) is 6.33. The summed E-state index contributed by atoms with van der Waals surface area (Å²) in [5.74, 6) is 1.50. The van der Waals surface area contributed by atoms with Gasteiger partial charge in [0.1, 0.15) is 5.52 Å². The maximum Gasteiger partial charge on any atom is 0.198 e. The van der Waals surface area contributed by atoms with Crippen LogP contribution in [0.4, 0.5) is 0 Å². The Morgan fingerprint density at radius 1 is 1.04 bits per heavy atom. The van der Waals surface area contributed by atoms with E-state index in [4.69, 9.17) is 14.1 Å². The Labute approximate surface area is 161 Å². The fourth-order valence-corrected chi connectivity index (χ4v) is 4.52. The van der Waals surface area contributed by atoms with Crippen LogP contribution in [0.3, 0.4) is 0 Å². The molecule has 146 valence electrons. The number of aromatic nitrogens is 1. The van der Waals surface area contributed by atoms with Gasteiger partial charge in [-0.3, -0.25) is 4.90 Å². The maximum absolute atomic E-state index is 6.40. The van der Waals surface area contributed by atoms with Gasteiger partial charge in [-0.05, 0) is 76.4 Å². The van der Waals surface area contributed by atoms with Crippen molar-refractivity contribution in [3.05, 3.63) is 29.7 Å². The molecule has 0 unspecified atom stereocenters. The van der Waals surface area contributed by atoms with Gasteiger partial charge in [0.25, 0.3) is 0 Å². The van der Waals surface area contributed by atoms with E-state index in [2.05, 4.69) is 35.0 Å². The molecule has 5 nitrogen and oxygen atoms in total. The molecule has 0 N–H and O–H groups in total. The van der Waals surface area contributed by atoms with Crippen molar-refractivity contribution in [1.29, 1.82) is 0 Å². The van der Waals surface area contributed by atoms with E-state index in [0.717, 1.165) is 30.0 Å². The predicted molar refractivity (Wildman–Crippen MR) is 106 cm³/mol. The first-order valence-electron chi connectivity index (χ1n) is 10.7. The molecular formula is C22H31N3O2. The highest BCUT2D eigenvalue weighted by molar-refractivity contribution is 5.73. The number of rotatable bonds is 5. The Morgan fingerprint density at radius 2 is 1.93 bits per heavy atom. The van der Waals surface area contributed by atoms with Crippen molar-refractivity contribution in [3.8, 4) is 0 Å². The summed E-state index contributed by atoms with van der Waals surface area (Å²) < 4.78 is 12.3. The topological polar surface area (TPSA) is 41.7 Å². The van der Waals surface area contributed by atoms with Crippen molar-refractivity contribution in [2.45, 2.75) is 56.7 Å². The van der Waals surface area contributed by atoms with Gasteiger partial charge < -0.3 is 14.1 Å². The van der Waals surface area contributed by atoms with Crippen LogP contribution in [0.5, 0.6) is 0 Å². The van der Waals surface area contributed by atoms with Crippen LogP contribution in [0.25, 0.3) is 11.1 Å². The number of hydrogen-bond donors (Lipinski definition) is 0. The largest absolute Gasteiger partial charge is 0.440 e. The average Bonchev–Trinajstić information content (AvgIpc) is 3.34. The SMILES string of the molecule is CN1CCCN(C[C@H]2CC[C@@H](Cc3ccc4oc(C5CC5)nc4c3)O2)CC1. The summed E-state index contributed by atoms with van der Waals surface area (Å²) in [6, 6.07) is 6.47.